The van der Waals surface area contributed by atoms with E-state index in [1.54, 1.807) is 11.8 Å². The van der Waals surface area contributed by atoms with Crippen LogP contribution in [0.4, 0.5) is 5.69 Å². The van der Waals surface area contributed by atoms with Crippen molar-refractivity contribution >= 4 is 11.6 Å². The number of oxazole rings is 1. The number of carbonyl (C=O) groups excluding carboxylic acids is 1. The highest BCUT2D eigenvalue weighted by atomic mass is 16.4. The van der Waals surface area contributed by atoms with E-state index in [4.69, 9.17) is 4.42 Å². The third-order valence-electron chi connectivity index (χ3n) is 3.26. The molecule has 0 spiro atoms. The molecular formula is C14H14N2O2. The van der Waals surface area contributed by atoms with Crippen molar-refractivity contribution in [3.05, 3.63) is 47.7 Å². The Hall–Kier alpha value is -2.10. The number of fused-ring (bicyclic) bond motifs is 1. The van der Waals surface area contributed by atoms with Crippen molar-refractivity contribution in [3.63, 3.8) is 0 Å². The second kappa shape index (κ2) is 3.98. The van der Waals surface area contributed by atoms with E-state index in [9.17, 15) is 4.79 Å². The number of rotatable bonds is 1. The topological polar surface area (TPSA) is 46.3 Å². The van der Waals surface area contributed by atoms with Gasteiger partial charge in [-0.05, 0) is 25.0 Å². The van der Waals surface area contributed by atoms with E-state index in [0.29, 0.717) is 11.7 Å². The predicted octanol–water partition coefficient (Wildman–Crippen LogP) is 2.57. The van der Waals surface area contributed by atoms with Gasteiger partial charge in [0.25, 0.3) is 5.91 Å². The van der Waals surface area contributed by atoms with Crippen LogP contribution in [0.5, 0.6) is 0 Å². The molecule has 2 aromatic rings. The Bertz CT molecular complexity index is 603. The monoisotopic (exact) mass is 242 g/mol. The third-order valence-corrected chi connectivity index (χ3v) is 3.26. The van der Waals surface area contributed by atoms with Gasteiger partial charge < -0.3 is 9.32 Å². The molecule has 3 rings (SSSR count). The second-order valence-electron chi connectivity index (χ2n) is 4.60. The molecular weight excluding hydrogens is 228 g/mol. The molecule has 1 aromatic carbocycles. The van der Waals surface area contributed by atoms with E-state index in [1.165, 1.54) is 11.8 Å². The summed E-state index contributed by atoms with van der Waals surface area (Å²) in [5.74, 6) is 0.697. The summed E-state index contributed by atoms with van der Waals surface area (Å²) in [6.45, 7) is 3.78. The van der Waals surface area contributed by atoms with E-state index in [-0.39, 0.29) is 11.9 Å². The van der Waals surface area contributed by atoms with Crippen LogP contribution in [0.2, 0.25) is 0 Å². The van der Waals surface area contributed by atoms with Crippen molar-refractivity contribution in [1.29, 1.82) is 0 Å². The van der Waals surface area contributed by atoms with Gasteiger partial charge in [0, 0.05) is 18.7 Å². The summed E-state index contributed by atoms with van der Waals surface area (Å²) in [6, 6.07) is 8.13. The van der Waals surface area contributed by atoms with Crippen molar-refractivity contribution in [2.24, 2.45) is 0 Å². The first-order chi connectivity index (χ1) is 8.66. The van der Waals surface area contributed by atoms with Crippen molar-refractivity contribution in [2.75, 3.05) is 4.90 Å². The van der Waals surface area contributed by atoms with Crippen LogP contribution in [0.15, 0.2) is 34.9 Å². The molecule has 0 N–H and O–H groups in total. The number of para-hydroxylation sites is 1. The Balaban J connectivity index is 2.00. The average molecular weight is 242 g/mol. The molecule has 1 amide bonds. The minimum atomic E-state index is -0.118. The van der Waals surface area contributed by atoms with Gasteiger partial charge in [-0.15, -0.1) is 0 Å². The Morgan fingerprint density at radius 3 is 2.94 bits per heavy atom. The van der Waals surface area contributed by atoms with Gasteiger partial charge in [0.05, 0.1) is 6.20 Å². The Labute approximate surface area is 105 Å². The van der Waals surface area contributed by atoms with Crippen LogP contribution < -0.4 is 4.90 Å². The molecule has 1 unspecified atom stereocenters. The summed E-state index contributed by atoms with van der Waals surface area (Å²) >= 11 is 0. The lowest BCUT2D eigenvalue weighted by atomic mass is 10.1. The molecule has 0 saturated heterocycles. The average Bonchev–Trinajstić information content (AvgIpc) is 2.91. The van der Waals surface area contributed by atoms with Gasteiger partial charge in [-0.1, -0.05) is 18.2 Å². The minimum absolute atomic E-state index is 0.118. The lowest BCUT2D eigenvalue weighted by molar-refractivity contribution is 0.0953. The van der Waals surface area contributed by atoms with E-state index in [0.717, 1.165) is 12.1 Å². The van der Waals surface area contributed by atoms with Crippen molar-refractivity contribution < 1.29 is 9.21 Å². The van der Waals surface area contributed by atoms with E-state index in [1.807, 2.05) is 25.1 Å². The molecule has 0 fully saturated rings. The summed E-state index contributed by atoms with van der Waals surface area (Å²) in [5, 5.41) is 0. The highest BCUT2D eigenvalue weighted by molar-refractivity contribution is 6.05. The van der Waals surface area contributed by atoms with Crippen LogP contribution in [0.1, 0.15) is 28.9 Å². The molecule has 0 aliphatic carbocycles. The highest BCUT2D eigenvalue weighted by Crippen LogP contribution is 2.32. The number of benzene rings is 1. The minimum Gasteiger partial charge on any atom is -0.436 e. The number of hydrogen-bond acceptors (Lipinski definition) is 3. The molecule has 0 saturated carbocycles. The largest absolute Gasteiger partial charge is 0.436 e. The molecule has 1 aliphatic heterocycles. The number of carbonyl (C=O) groups is 1. The first kappa shape index (κ1) is 11.0. The van der Waals surface area contributed by atoms with Crippen molar-refractivity contribution in [2.45, 2.75) is 26.3 Å². The first-order valence-corrected chi connectivity index (χ1v) is 6.00. The van der Waals surface area contributed by atoms with Crippen LogP contribution >= 0.6 is 0 Å². The number of anilines is 1. The number of nitrogens with zero attached hydrogens (tertiary/aromatic N) is 2. The fourth-order valence-corrected chi connectivity index (χ4v) is 2.45. The van der Waals surface area contributed by atoms with Crippen LogP contribution in [0.25, 0.3) is 0 Å². The van der Waals surface area contributed by atoms with Gasteiger partial charge in [0.2, 0.25) is 5.76 Å². The zero-order valence-corrected chi connectivity index (χ0v) is 10.4. The molecule has 0 bridgehead atoms. The van der Waals surface area contributed by atoms with Gasteiger partial charge in [-0.2, -0.15) is 0 Å². The maximum Gasteiger partial charge on any atom is 0.295 e. The van der Waals surface area contributed by atoms with E-state index >= 15 is 0 Å². The quantitative estimate of drug-likeness (QED) is 0.772. The van der Waals surface area contributed by atoms with E-state index in [2.05, 4.69) is 11.1 Å². The van der Waals surface area contributed by atoms with Gasteiger partial charge >= 0.3 is 0 Å². The van der Waals surface area contributed by atoms with Gasteiger partial charge in [-0.3, -0.25) is 4.79 Å². The molecule has 0 radical (unpaired) electrons. The fourth-order valence-electron chi connectivity index (χ4n) is 2.45. The van der Waals surface area contributed by atoms with Gasteiger partial charge in [-0.25, -0.2) is 4.98 Å². The standard InChI is InChI=1S/C14H14N2O2/c1-9-7-11-5-3-4-6-12(11)16(9)14(17)13-8-15-10(2)18-13/h3-6,8-9H,7H2,1-2H3. The van der Waals surface area contributed by atoms with Crippen LogP contribution in [-0.2, 0) is 6.42 Å². The van der Waals surface area contributed by atoms with Gasteiger partial charge in [0.1, 0.15) is 0 Å². The summed E-state index contributed by atoms with van der Waals surface area (Å²) in [7, 11) is 0. The zero-order chi connectivity index (χ0) is 12.7. The summed E-state index contributed by atoms with van der Waals surface area (Å²) in [5.41, 5.74) is 2.18. The fraction of sp³-hybridized carbons (Fsp3) is 0.286. The predicted molar refractivity (Wildman–Crippen MR) is 67.7 cm³/mol. The molecule has 92 valence electrons. The first-order valence-electron chi connectivity index (χ1n) is 6.00. The number of aryl methyl sites for hydroxylation is 1. The van der Waals surface area contributed by atoms with Crippen molar-refractivity contribution in [1.82, 2.24) is 4.98 Å². The van der Waals surface area contributed by atoms with Crippen LogP contribution in [-0.4, -0.2) is 16.9 Å². The lowest BCUT2D eigenvalue weighted by Gasteiger charge is -2.21. The summed E-state index contributed by atoms with van der Waals surface area (Å²) in [6.07, 6.45) is 2.38. The van der Waals surface area contributed by atoms with E-state index < -0.39 is 0 Å². The maximum absolute atomic E-state index is 12.4. The molecule has 1 aromatic heterocycles. The van der Waals surface area contributed by atoms with Crippen molar-refractivity contribution in [3.8, 4) is 0 Å². The molecule has 4 nitrogen and oxygen atoms in total. The molecule has 2 heterocycles. The molecule has 1 atom stereocenters. The zero-order valence-electron chi connectivity index (χ0n) is 10.4. The third kappa shape index (κ3) is 1.61. The number of amides is 1. The maximum atomic E-state index is 12.4. The SMILES string of the molecule is Cc1ncc(C(=O)N2c3ccccc3CC2C)o1. The normalized spacial score (nSPS) is 17.9. The Morgan fingerprint density at radius 1 is 1.44 bits per heavy atom. The second-order valence-corrected chi connectivity index (χ2v) is 4.60. The Kier molecular flexibility index (Phi) is 2.44. The smallest absolute Gasteiger partial charge is 0.295 e. The number of hydrogen-bond donors (Lipinski definition) is 0. The van der Waals surface area contributed by atoms with Gasteiger partial charge in [0.15, 0.2) is 5.89 Å². The van der Waals surface area contributed by atoms with Crippen LogP contribution in [0.3, 0.4) is 0 Å². The Morgan fingerprint density at radius 2 is 2.22 bits per heavy atom. The summed E-state index contributed by atoms with van der Waals surface area (Å²) < 4.78 is 5.32. The molecule has 18 heavy (non-hydrogen) atoms. The number of aromatic nitrogens is 1. The lowest BCUT2D eigenvalue weighted by Crippen LogP contribution is -2.35. The van der Waals surface area contributed by atoms with Crippen LogP contribution in [0, 0.1) is 6.92 Å². The summed E-state index contributed by atoms with van der Waals surface area (Å²) in [4.78, 5) is 18.2. The molecule has 1 aliphatic rings. The highest BCUT2D eigenvalue weighted by Gasteiger charge is 2.32. The molecule has 4 heteroatoms.